The van der Waals surface area contributed by atoms with E-state index >= 15 is 0 Å². The average Bonchev–Trinajstić information content (AvgIpc) is 2.90. The molecule has 0 aromatic heterocycles. The lowest BCUT2D eigenvalue weighted by molar-refractivity contribution is 0.686. The van der Waals surface area contributed by atoms with Gasteiger partial charge in [0.1, 0.15) is 5.37 Å². The third kappa shape index (κ3) is 4.16. The Kier molecular flexibility index (Phi) is 5.99. The van der Waals surface area contributed by atoms with Gasteiger partial charge in [-0.05, 0) is 42.4 Å². The summed E-state index contributed by atoms with van der Waals surface area (Å²) < 4.78 is 0. The molecular formula is C21H21N3S. The minimum atomic E-state index is -0.128. The number of allylic oxidation sites excluding steroid dienone is 4. The number of thioether (sulfide) groups is 1. The standard InChI is InChI=1S/C21H21N3S/c22-13-14-25-21-19(15-23)17(12-11-16-7-3-1-4-8-16)18-9-5-2-6-10-20(18)24-21/h1,3-4,7-8,11-12,21,24H,2,5-6,9-10,14H2/b12-11+. The van der Waals surface area contributed by atoms with Crippen molar-refractivity contribution in [3.05, 3.63) is 64.4 Å². The van der Waals surface area contributed by atoms with Crippen LogP contribution in [-0.4, -0.2) is 11.1 Å². The van der Waals surface area contributed by atoms with Crippen LogP contribution in [0.25, 0.3) is 6.08 Å². The number of nitrogens with zero attached hydrogens (tertiary/aromatic N) is 2. The number of nitrogens with one attached hydrogen (secondary N) is 1. The van der Waals surface area contributed by atoms with Crippen LogP contribution in [0.1, 0.15) is 37.7 Å². The highest BCUT2D eigenvalue weighted by atomic mass is 32.2. The van der Waals surface area contributed by atoms with E-state index < -0.39 is 0 Å². The first kappa shape index (κ1) is 17.4. The van der Waals surface area contributed by atoms with Gasteiger partial charge in [0, 0.05) is 5.70 Å². The zero-order chi connectivity index (χ0) is 17.5. The number of benzene rings is 1. The number of hydrogen-bond acceptors (Lipinski definition) is 4. The van der Waals surface area contributed by atoms with Gasteiger partial charge in [0.05, 0.1) is 23.5 Å². The molecule has 4 heteroatoms. The Morgan fingerprint density at radius 3 is 2.64 bits per heavy atom. The summed E-state index contributed by atoms with van der Waals surface area (Å²) in [6.45, 7) is 0. The van der Waals surface area contributed by atoms with Crippen molar-refractivity contribution < 1.29 is 0 Å². The minimum absolute atomic E-state index is 0.128. The number of rotatable bonds is 4. The van der Waals surface area contributed by atoms with E-state index in [0.717, 1.165) is 36.0 Å². The highest BCUT2D eigenvalue weighted by Crippen LogP contribution is 2.37. The maximum absolute atomic E-state index is 9.79. The molecule has 126 valence electrons. The highest BCUT2D eigenvalue weighted by Gasteiger charge is 2.28. The Morgan fingerprint density at radius 1 is 1.08 bits per heavy atom. The molecule has 1 aliphatic carbocycles. The molecule has 1 aliphatic heterocycles. The van der Waals surface area contributed by atoms with E-state index in [1.165, 1.54) is 35.9 Å². The second-order valence-corrected chi connectivity index (χ2v) is 7.29. The monoisotopic (exact) mass is 347 g/mol. The summed E-state index contributed by atoms with van der Waals surface area (Å²) in [6, 6.07) is 14.7. The second-order valence-electron chi connectivity index (χ2n) is 6.19. The molecule has 3 nitrogen and oxygen atoms in total. The number of hydrogen-bond donors (Lipinski definition) is 1. The largest absolute Gasteiger partial charge is 0.372 e. The molecule has 1 heterocycles. The number of dihydropyridines is 1. The molecule has 1 unspecified atom stereocenters. The van der Waals surface area contributed by atoms with Crippen LogP contribution in [0.4, 0.5) is 0 Å². The normalized spacial score (nSPS) is 20.5. The van der Waals surface area contributed by atoms with Crippen LogP contribution in [0.15, 0.2) is 58.8 Å². The zero-order valence-electron chi connectivity index (χ0n) is 14.2. The molecule has 25 heavy (non-hydrogen) atoms. The fraction of sp³-hybridized carbons (Fsp3) is 0.333. The smallest absolute Gasteiger partial charge is 0.109 e. The SMILES string of the molecule is N#CCSC1NC2=C(CCCCC2)C(/C=C/c2ccccc2)=C1C#N. The molecule has 0 saturated heterocycles. The predicted octanol–water partition coefficient (Wildman–Crippen LogP) is 4.92. The second kappa shape index (κ2) is 8.60. The molecule has 0 radical (unpaired) electrons. The molecule has 1 N–H and O–H groups in total. The van der Waals surface area contributed by atoms with Gasteiger partial charge in [0.15, 0.2) is 0 Å². The Hall–Kier alpha value is -2.43. The maximum Gasteiger partial charge on any atom is 0.109 e. The molecule has 0 spiro atoms. The topological polar surface area (TPSA) is 59.6 Å². The summed E-state index contributed by atoms with van der Waals surface area (Å²) in [6.07, 6.45) is 9.78. The fourth-order valence-electron chi connectivity index (χ4n) is 3.37. The zero-order valence-corrected chi connectivity index (χ0v) is 15.0. The first-order valence-corrected chi connectivity index (χ1v) is 9.73. The molecule has 0 bridgehead atoms. The molecule has 3 rings (SSSR count). The van der Waals surface area contributed by atoms with Crippen molar-refractivity contribution in [1.29, 1.82) is 10.5 Å². The van der Waals surface area contributed by atoms with E-state index in [2.05, 4.69) is 41.7 Å². The Bertz CT molecular complexity index is 791. The van der Waals surface area contributed by atoms with Crippen molar-refractivity contribution in [1.82, 2.24) is 5.32 Å². The van der Waals surface area contributed by atoms with Crippen molar-refractivity contribution in [2.45, 2.75) is 37.5 Å². The van der Waals surface area contributed by atoms with Crippen molar-refractivity contribution in [3.8, 4) is 12.1 Å². The van der Waals surface area contributed by atoms with E-state index in [-0.39, 0.29) is 5.37 Å². The molecule has 0 saturated carbocycles. The lowest BCUT2D eigenvalue weighted by Gasteiger charge is -2.29. The first-order valence-electron chi connectivity index (χ1n) is 8.68. The first-order chi connectivity index (χ1) is 12.3. The Balaban J connectivity index is 2.00. The van der Waals surface area contributed by atoms with Gasteiger partial charge in [-0.15, -0.1) is 11.8 Å². The minimum Gasteiger partial charge on any atom is -0.372 e. The molecule has 1 atom stereocenters. The fourth-order valence-corrected chi connectivity index (χ4v) is 4.18. The van der Waals surface area contributed by atoms with E-state index in [9.17, 15) is 5.26 Å². The van der Waals surface area contributed by atoms with Crippen LogP contribution in [0.3, 0.4) is 0 Å². The summed E-state index contributed by atoms with van der Waals surface area (Å²) in [4.78, 5) is 0. The summed E-state index contributed by atoms with van der Waals surface area (Å²) in [7, 11) is 0. The summed E-state index contributed by atoms with van der Waals surface area (Å²) in [5.41, 5.74) is 5.48. The van der Waals surface area contributed by atoms with Crippen molar-refractivity contribution in [2.24, 2.45) is 0 Å². The van der Waals surface area contributed by atoms with E-state index in [1.54, 1.807) is 0 Å². The molecule has 1 aromatic rings. The Labute approximate surface area is 153 Å². The van der Waals surface area contributed by atoms with Gasteiger partial charge in [-0.2, -0.15) is 10.5 Å². The predicted molar refractivity (Wildman–Crippen MR) is 103 cm³/mol. The van der Waals surface area contributed by atoms with Crippen molar-refractivity contribution in [2.75, 3.05) is 5.75 Å². The van der Waals surface area contributed by atoms with E-state index in [0.29, 0.717) is 5.75 Å². The molecule has 1 aromatic carbocycles. The van der Waals surface area contributed by atoms with Gasteiger partial charge in [-0.1, -0.05) is 48.9 Å². The van der Waals surface area contributed by atoms with Gasteiger partial charge in [0.2, 0.25) is 0 Å². The molecular weight excluding hydrogens is 326 g/mol. The lowest BCUT2D eigenvalue weighted by atomic mass is 9.91. The van der Waals surface area contributed by atoms with Gasteiger partial charge < -0.3 is 5.32 Å². The highest BCUT2D eigenvalue weighted by molar-refractivity contribution is 8.00. The van der Waals surface area contributed by atoms with Crippen LogP contribution < -0.4 is 5.32 Å². The van der Waals surface area contributed by atoms with Crippen LogP contribution in [0, 0.1) is 22.7 Å². The van der Waals surface area contributed by atoms with E-state index in [4.69, 9.17) is 5.26 Å². The lowest BCUT2D eigenvalue weighted by Crippen LogP contribution is -2.33. The maximum atomic E-state index is 9.79. The van der Waals surface area contributed by atoms with Gasteiger partial charge in [-0.3, -0.25) is 0 Å². The van der Waals surface area contributed by atoms with Crippen LogP contribution in [0.2, 0.25) is 0 Å². The third-order valence-electron chi connectivity index (χ3n) is 4.58. The van der Waals surface area contributed by atoms with Crippen LogP contribution >= 0.6 is 11.8 Å². The van der Waals surface area contributed by atoms with Crippen molar-refractivity contribution in [3.63, 3.8) is 0 Å². The average molecular weight is 347 g/mol. The van der Waals surface area contributed by atoms with Gasteiger partial charge >= 0.3 is 0 Å². The summed E-state index contributed by atoms with van der Waals surface area (Å²) >= 11 is 1.50. The summed E-state index contributed by atoms with van der Waals surface area (Å²) in [5, 5.41) is 22.1. The number of nitriles is 2. The third-order valence-corrected chi connectivity index (χ3v) is 5.56. The van der Waals surface area contributed by atoms with Gasteiger partial charge in [0.25, 0.3) is 0 Å². The van der Waals surface area contributed by atoms with Crippen LogP contribution in [0.5, 0.6) is 0 Å². The molecule has 0 amide bonds. The van der Waals surface area contributed by atoms with Gasteiger partial charge in [-0.25, -0.2) is 0 Å². The quantitative estimate of drug-likeness (QED) is 0.839. The summed E-state index contributed by atoms with van der Waals surface area (Å²) in [5.74, 6) is 0.376. The van der Waals surface area contributed by atoms with Crippen LogP contribution in [-0.2, 0) is 0 Å². The van der Waals surface area contributed by atoms with Crippen molar-refractivity contribution >= 4 is 17.8 Å². The molecule has 2 aliphatic rings. The van der Waals surface area contributed by atoms with E-state index in [1.807, 2.05) is 18.2 Å². The molecule has 0 fully saturated rings. The Morgan fingerprint density at radius 2 is 1.88 bits per heavy atom.